The Kier molecular flexibility index (Phi) is 12.2. The van der Waals surface area contributed by atoms with Crippen LogP contribution in [0.2, 0.25) is 0 Å². The van der Waals surface area contributed by atoms with Crippen molar-refractivity contribution in [3.8, 4) is 0 Å². The molecule has 0 bridgehead atoms. The minimum atomic E-state index is -0.276. The number of unbranched alkanes of at least 4 members (excludes halogenated alkanes) is 7. The predicted molar refractivity (Wildman–Crippen MR) is 72.7 cm³/mol. The molecule has 0 spiro atoms. The molecule has 0 aromatic carbocycles. The van der Waals surface area contributed by atoms with Gasteiger partial charge in [-0.05, 0) is 18.9 Å². The quantitative estimate of drug-likeness (QED) is 0.237. The van der Waals surface area contributed by atoms with Crippen LogP contribution >= 0.6 is 0 Å². The van der Waals surface area contributed by atoms with Crippen LogP contribution in [-0.4, -0.2) is 5.97 Å². The van der Waals surface area contributed by atoms with Crippen molar-refractivity contribution >= 4 is 5.97 Å². The summed E-state index contributed by atoms with van der Waals surface area (Å²) in [5.41, 5.74) is 0. The third-order valence-electron chi connectivity index (χ3n) is 2.53. The first-order chi connectivity index (χ1) is 8.27. The van der Waals surface area contributed by atoms with E-state index in [0.717, 1.165) is 6.42 Å². The van der Waals surface area contributed by atoms with Gasteiger partial charge in [0.2, 0.25) is 0 Å². The Morgan fingerprint density at radius 2 is 1.65 bits per heavy atom. The van der Waals surface area contributed by atoms with E-state index in [1.165, 1.54) is 58.1 Å². The van der Waals surface area contributed by atoms with Crippen LogP contribution in [0.15, 0.2) is 24.5 Å². The van der Waals surface area contributed by atoms with Crippen molar-refractivity contribution < 1.29 is 9.53 Å². The summed E-state index contributed by atoms with van der Waals surface area (Å²) in [6.45, 7) is 3.64. The molecule has 17 heavy (non-hydrogen) atoms. The molecular formula is C15H26O2. The highest BCUT2D eigenvalue weighted by molar-refractivity contribution is 5.66. The van der Waals surface area contributed by atoms with Crippen molar-refractivity contribution in [1.29, 1.82) is 0 Å². The molecule has 0 unspecified atom stereocenters. The first kappa shape index (κ1) is 16.0. The molecule has 98 valence electrons. The monoisotopic (exact) mass is 238 g/mol. The molecule has 2 heteroatoms. The van der Waals surface area contributed by atoms with Crippen LogP contribution in [0.3, 0.4) is 0 Å². The average Bonchev–Trinajstić information content (AvgIpc) is 2.30. The van der Waals surface area contributed by atoms with Crippen molar-refractivity contribution in [2.45, 2.75) is 65.2 Å². The number of carbonyl (C=O) groups excluding carboxylic acids is 1. The van der Waals surface area contributed by atoms with Crippen LogP contribution in [0.25, 0.3) is 0 Å². The van der Waals surface area contributed by atoms with E-state index in [4.69, 9.17) is 0 Å². The van der Waals surface area contributed by atoms with Gasteiger partial charge in [0.1, 0.15) is 0 Å². The average molecular weight is 238 g/mol. The second kappa shape index (κ2) is 13.0. The third-order valence-corrected chi connectivity index (χ3v) is 2.53. The third kappa shape index (κ3) is 14.9. The van der Waals surface area contributed by atoms with Gasteiger partial charge in [-0.1, -0.05) is 57.6 Å². The molecule has 0 aliphatic heterocycles. The van der Waals surface area contributed by atoms with Gasteiger partial charge in [0, 0.05) is 6.92 Å². The molecule has 0 radical (unpaired) electrons. The fraction of sp³-hybridized carbons (Fsp3) is 0.667. The Labute approximate surface area is 106 Å². The zero-order valence-electron chi connectivity index (χ0n) is 11.3. The van der Waals surface area contributed by atoms with E-state index in [0.29, 0.717) is 0 Å². The van der Waals surface area contributed by atoms with Gasteiger partial charge in [0.15, 0.2) is 0 Å². The lowest BCUT2D eigenvalue weighted by Crippen LogP contribution is -1.88. The van der Waals surface area contributed by atoms with Gasteiger partial charge in [0.25, 0.3) is 0 Å². The number of esters is 1. The maximum Gasteiger partial charge on any atom is 0.307 e. The number of hydrogen-bond acceptors (Lipinski definition) is 2. The van der Waals surface area contributed by atoms with E-state index < -0.39 is 0 Å². The molecule has 0 amide bonds. The fourth-order valence-corrected chi connectivity index (χ4v) is 1.57. The van der Waals surface area contributed by atoms with Crippen LogP contribution in [0.1, 0.15) is 65.2 Å². The molecule has 2 nitrogen and oxygen atoms in total. The largest absolute Gasteiger partial charge is 0.435 e. The highest BCUT2D eigenvalue weighted by Crippen LogP contribution is 2.08. The Morgan fingerprint density at radius 3 is 2.29 bits per heavy atom. The van der Waals surface area contributed by atoms with E-state index in [2.05, 4.69) is 17.7 Å². The van der Waals surface area contributed by atoms with Gasteiger partial charge in [0.05, 0.1) is 6.26 Å². The van der Waals surface area contributed by atoms with Gasteiger partial charge < -0.3 is 4.74 Å². The van der Waals surface area contributed by atoms with E-state index in [-0.39, 0.29) is 5.97 Å². The zero-order chi connectivity index (χ0) is 12.8. The normalized spacial score (nSPS) is 11.4. The van der Waals surface area contributed by atoms with Crippen LogP contribution in [0, 0.1) is 0 Å². The second-order valence-corrected chi connectivity index (χ2v) is 4.28. The van der Waals surface area contributed by atoms with Crippen LogP contribution in [0.5, 0.6) is 0 Å². The van der Waals surface area contributed by atoms with Gasteiger partial charge in [-0.3, -0.25) is 4.79 Å². The van der Waals surface area contributed by atoms with Crippen molar-refractivity contribution in [3.63, 3.8) is 0 Å². The SMILES string of the molecule is CCCCCCCCC/C=C/C=C/OC(C)=O. The van der Waals surface area contributed by atoms with E-state index >= 15 is 0 Å². The molecule has 0 atom stereocenters. The van der Waals surface area contributed by atoms with E-state index in [9.17, 15) is 4.79 Å². The van der Waals surface area contributed by atoms with Crippen molar-refractivity contribution in [2.24, 2.45) is 0 Å². The summed E-state index contributed by atoms with van der Waals surface area (Å²) >= 11 is 0. The smallest absolute Gasteiger partial charge is 0.307 e. The Morgan fingerprint density at radius 1 is 1.00 bits per heavy atom. The highest BCUT2D eigenvalue weighted by atomic mass is 16.5. The fourth-order valence-electron chi connectivity index (χ4n) is 1.57. The first-order valence-corrected chi connectivity index (χ1v) is 6.76. The molecule has 0 rings (SSSR count). The maximum atomic E-state index is 10.4. The van der Waals surface area contributed by atoms with Crippen molar-refractivity contribution in [1.82, 2.24) is 0 Å². The number of ether oxygens (including phenoxy) is 1. The lowest BCUT2D eigenvalue weighted by atomic mass is 10.1. The molecule has 0 aliphatic carbocycles. The van der Waals surface area contributed by atoms with Crippen molar-refractivity contribution in [3.05, 3.63) is 24.5 Å². The van der Waals surface area contributed by atoms with Gasteiger partial charge in [-0.25, -0.2) is 0 Å². The summed E-state index contributed by atoms with van der Waals surface area (Å²) in [4.78, 5) is 10.4. The second-order valence-electron chi connectivity index (χ2n) is 4.28. The van der Waals surface area contributed by atoms with Crippen LogP contribution in [0.4, 0.5) is 0 Å². The highest BCUT2D eigenvalue weighted by Gasteiger charge is 1.89. The maximum absolute atomic E-state index is 10.4. The number of carbonyl (C=O) groups is 1. The molecule has 0 N–H and O–H groups in total. The standard InChI is InChI=1S/C15H26O2/c1-3-4-5-6-7-8-9-10-11-12-13-14-17-15(2)16/h11-14H,3-10H2,1-2H3/b12-11+,14-13+. The van der Waals surface area contributed by atoms with Gasteiger partial charge >= 0.3 is 5.97 Å². The Balaban J connectivity index is 3.19. The molecule has 0 fully saturated rings. The minimum Gasteiger partial charge on any atom is -0.435 e. The predicted octanol–water partition coefficient (Wildman–Crippen LogP) is 4.76. The van der Waals surface area contributed by atoms with E-state index in [1.54, 1.807) is 6.08 Å². The minimum absolute atomic E-state index is 0.276. The number of hydrogen-bond donors (Lipinski definition) is 0. The molecule has 0 aromatic heterocycles. The summed E-state index contributed by atoms with van der Waals surface area (Å²) in [6, 6.07) is 0. The van der Waals surface area contributed by atoms with Gasteiger partial charge in [-0.15, -0.1) is 0 Å². The molecule has 0 heterocycles. The van der Waals surface area contributed by atoms with Gasteiger partial charge in [-0.2, -0.15) is 0 Å². The summed E-state index contributed by atoms with van der Waals surface area (Å²) in [7, 11) is 0. The molecule has 0 saturated carbocycles. The van der Waals surface area contributed by atoms with Crippen LogP contribution in [-0.2, 0) is 9.53 Å². The number of rotatable bonds is 10. The molecular weight excluding hydrogens is 212 g/mol. The lowest BCUT2D eigenvalue weighted by molar-refractivity contribution is -0.135. The van der Waals surface area contributed by atoms with Crippen LogP contribution < -0.4 is 0 Å². The Bertz CT molecular complexity index is 229. The Hall–Kier alpha value is -1.05. The summed E-state index contributed by atoms with van der Waals surface area (Å²) in [5.74, 6) is -0.276. The summed E-state index contributed by atoms with van der Waals surface area (Å²) in [6.07, 6.45) is 17.7. The molecule has 0 aliphatic rings. The molecule has 0 aromatic rings. The first-order valence-electron chi connectivity index (χ1n) is 6.76. The zero-order valence-corrected chi connectivity index (χ0v) is 11.3. The summed E-state index contributed by atoms with van der Waals surface area (Å²) < 4.78 is 4.65. The lowest BCUT2D eigenvalue weighted by Gasteiger charge is -1.98. The van der Waals surface area contributed by atoms with Crippen molar-refractivity contribution in [2.75, 3.05) is 0 Å². The summed E-state index contributed by atoms with van der Waals surface area (Å²) in [5, 5.41) is 0. The molecule has 0 saturated heterocycles. The topological polar surface area (TPSA) is 26.3 Å². The van der Waals surface area contributed by atoms with E-state index in [1.807, 2.05) is 6.08 Å². The number of allylic oxidation sites excluding steroid dienone is 3.